The number of hydrogen-bond acceptors (Lipinski definition) is 2. The Morgan fingerprint density at radius 3 is 2.00 bits per heavy atom. The number of ether oxygens (including phenoxy) is 1. The number of rotatable bonds is 2. The van der Waals surface area contributed by atoms with Gasteiger partial charge in [0.05, 0.1) is 5.56 Å². The minimum atomic E-state index is -0.664. The van der Waals surface area contributed by atoms with E-state index in [0.29, 0.717) is 27.1 Å². The average Bonchev–Trinajstić information content (AvgIpc) is 2.61. The number of halogens is 3. The first-order valence-corrected chi connectivity index (χ1v) is 9.19. The number of benzene rings is 3. The molecule has 0 fully saturated rings. The molecular formula is C21H13Cl3O2. The van der Waals surface area contributed by atoms with E-state index in [1.165, 1.54) is 0 Å². The third-order valence-corrected chi connectivity index (χ3v) is 5.37. The van der Waals surface area contributed by atoms with Crippen LogP contribution in [0.15, 0.2) is 60.7 Å². The molecule has 0 spiro atoms. The van der Waals surface area contributed by atoms with Gasteiger partial charge in [-0.2, -0.15) is 0 Å². The fourth-order valence-electron chi connectivity index (χ4n) is 3.32. The summed E-state index contributed by atoms with van der Waals surface area (Å²) in [6.07, 6.45) is 0.0272. The van der Waals surface area contributed by atoms with Gasteiger partial charge in [0, 0.05) is 26.2 Å². The molecule has 0 N–H and O–H groups in total. The summed E-state index contributed by atoms with van der Waals surface area (Å²) in [5, 5.41) is 1.58. The van der Waals surface area contributed by atoms with E-state index in [4.69, 9.17) is 39.5 Å². The third kappa shape index (κ3) is 3.09. The predicted molar refractivity (Wildman–Crippen MR) is 104 cm³/mol. The predicted octanol–water partition coefficient (Wildman–Crippen LogP) is 6.50. The van der Waals surface area contributed by atoms with Crippen LogP contribution in [0.3, 0.4) is 0 Å². The van der Waals surface area contributed by atoms with Gasteiger partial charge in [0.15, 0.2) is 6.10 Å². The van der Waals surface area contributed by atoms with Gasteiger partial charge in [0.2, 0.25) is 0 Å². The summed E-state index contributed by atoms with van der Waals surface area (Å²) in [5.41, 5.74) is 3.99. The van der Waals surface area contributed by atoms with Crippen LogP contribution in [0.25, 0.3) is 0 Å². The lowest BCUT2D eigenvalue weighted by Crippen LogP contribution is -2.20. The van der Waals surface area contributed by atoms with Crippen molar-refractivity contribution in [2.45, 2.75) is 12.5 Å². The fourth-order valence-corrected chi connectivity index (χ4v) is 4.09. The zero-order valence-corrected chi connectivity index (χ0v) is 15.8. The van der Waals surface area contributed by atoms with Crippen LogP contribution in [0.1, 0.15) is 38.7 Å². The molecule has 130 valence electrons. The first-order valence-electron chi connectivity index (χ1n) is 8.05. The Hall–Kier alpha value is -2.00. The van der Waals surface area contributed by atoms with Crippen molar-refractivity contribution in [2.24, 2.45) is 0 Å². The molecule has 3 aromatic carbocycles. The smallest absolute Gasteiger partial charge is 0.339 e. The lowest BCUT2D eigenvalue weighted by atomic mass is 9.83. The van der Waals surface area contributed by atoms with Gasteiger partial charge in [-0.05, 0) is 47.9 Å². The fraction of sp³-hybridized carbons (Fsp3) is 0.0952. The van der Waals surface area contributed by atoms with E-state index < -0.39 is 12.1 Å². The second-order valence-corrected chi connectivity index (χ2v) is 7.35. The van der Waals surface area contributed by atoms with Crippen molar-refractivity contribution in [3.63, 3.8) is 0 Å². The van der Waals surface area contributed by atoms with Crippen molar-refractivity contribution in [2.75, 3.05) is 0 Å². The van der Waals surface area contributed by atoms with E-state index in [2.05, 4.69) is 0 Å². The number of carbonyl (C=O) groups excluding carboxylic acids is 1. The van der Waals surface area contributed by atoms with Crippen LogP contribution in [0.5, 0.6) is 0 Å². The molecule has 0 bridgehead atoms. The van der Waals surface area contributed by atoms with Gasteiger partial charge in [-0.15, -0.1) is 0 Å². The molecule has 0 aliphatic heterocycles. The van der Waals surface area contributed by atoms with Crippen molar-refractivity contribution < 1.29 is 9.53 Å². The molecule has 0 saturated carbocycles. The molecule has 0 amide bonds. The van der Waals surface area contributed by atoms with E-state index in [1.54, 1.807) is 36.4 Å². The Morgan fingerprint density at radius 2 is 1.42 bits per heavy atom. The standard InChI is InChI=1S/C21H13Cl3O2/c22-15-7-1-6-14(11-15)21(25)26-20-18-12(4-2-8-16(18)23)10-13-5-3-9-17(24)19(13)20/h1-9,11,20H,10H2. The highest BCUT2D eigenvalue weighted by molar-refractivity contribution is 6.32. The normalized spacial score (nSPS) is 13.0. The monoisotopic (exact) mass is 402 g/mol. The molecule has 0 radical (unpaired) electrons. The molecule has 1 aliphatic carbocycles. The summed E-state index contributed by atoms with van der Waals surface area (Å²) in [6.45, 7) is 0. The highest BCUT2D eigenvalue weighted by Gasteiger charge is 2.32. The van der Waals surface area contributed by atoms with Crippen molar-refractivity contribution in [1.29, 1.82) is 0 Å². The van der Waals surface area contributed by atoms with Crippen LogP contribution in [-0.2, 0) is 11.2 Å². The largest absolute Gasteiger partial charge is 0.449 e. The summed E-state index contributed by atoms with van der Waals surface area (Å²) in [6, 6.07) is 18.0. The van der Waals surface area contributed by atoms with E-state index in [1.807, 2.05) is 24.3 Å². The van der Waals surface area contributed by atoms with Crippen molar-refractivity contribution in [3.8, 4) is 0 Å². The maximum Gasteiger partial charge on any atom is 0.339 e. The second-order valence-electron chi connectivity index (χ2n) is 6.10. The molecule has 5 heteroatoms. The number of esters is 1. The van der Waals surface area contributed by atoms with Crippen LogP contribution >= 0.6 is 34.8 Å². The molecule has 1 aliphatic rings. The third-order valence-electron chi connectivity index (χ3n) is 4.48. The van der Waals surface area contributed by atoms with Gasteiger partial charge >= 0.3 is 5.97 Å². The number of fused-ring (bicyclic) bond motifs is 2. The van der Waals surface area contributed by atoms with Crippen LogP contribution in [0.4, 0.5) is 0 Å². The molecule has 2 nitrogen and oxygen atoms in total. The van der Waals surface area contributed by atoms with Crippen molar-refractivity contribution in [1.82, 2.24) is 0 Å². The minimum Gasteiger partial charge on any atom is -0.449 e. The van der Waals surface area contributed by atoms with E-state index in [-0.39, 0.29) is 0 Å². The van der Waals surface area contributed by atoms with E-state index >= 15 is 0 Å². The van der Waals surface area contributed by atoms with Gasteiger partial charge in [0.25, 0.3) is 0 Å². The zero-order valence-electron chi connectivity index (χ0n) is 13.5. The van der Waals surface area contributed by atoms with Crippen LogP contribution in [0.2, 0.25) is 15.1 Å². The molecule has 0 unspecified atom stereocenters. The molecule has 0 saturated heterocycles. The minimum absolute atomic E-state index is 0.380. The molecule has 0 heterocycles. The summed E-state index contributed by atoms with van der Waals surface area (Å²) in [7, 11) is 0. The summed E-state index contributed by atoms with van der Waals surface area (Å²) in [4.78, 5) is 12.7. The van der Waals surface area contributed by atoms with Crippen molar-refractivity contribution in [3.05, 3.63) is 104 Å². The van der Waals surface area contributed by atoms with Gasteiger partial charge in [-0.25, -0.2) is 4.79 Å². The zero-order chi connectivity index (χ0) is 18.3. The number of hydrogen-bond donors (Lipinski definition) is 0. The van der Waals surface area contributed by atoms with Gasteiger partial charge in [-0.3, -0.25) is 0 Å². The summed E-state index contributed by atoms with van der Waals surface area (Å²) < 4.78 is 5.88. The molecule has 26 heavy (non-hydrogen) atoms. The average molecular weight is 404 g/mol. The van der Waals surface area contributed by atoms with Crippen LogP contribution < -0.4 is 0 Å². The quantitative estimate of drug-likeness (QED) is 0.457. The maximum atomic E-state index is 12.7. The Labute approximate surface area is 166 Å². The first-order chi connectivity index (χ1) is 12.5. The van der Waals surface area contributed by atoms with Gasteiger partial charge in [0.1, 0.15) is 0 Å². The molecule has 0 atom stereocenters. The van der Waals surface area contributed by atoms with E-state index in [0.717, 1.165) is 22.3 Å². The maximum absolute atomic E-state index is 12.7. The van der Waals surface area contributed by atoms with Gasteiger partial charge < -0.3 is 4.74 Å². The molecular weight excluding hydrogens is 391 g/mol. The SMILES string of the molecule is O=C(OC1c2c(Cl)cccc2Cc2cccc(Cl)c21)c1cccc(Cl)c1. The summed E-state index contributed by atoms with van der Waals surface area (Å²) in [5.74, 6) is -0.476. The summed E-state index contributed by atoms with van der Waals surface area (Å²) >= 11 is 18.9. The Kier molecular flexibility index (Phi) is 4.66. The van der Waals surface area contributed by atoms with Crippen molar-refractivity contribution >= 4 is 40.8 Å². The molecule has 0 aromatic heterocycles. The molecule has 4 rings (SSSR count). The van der Waals surface area contributed by atoms with Crippen LogP contribution in [0, 0.1) is 0 Å². The Balaban J connectivity index is 1.81. The van der Waals surface area contributed by atoms with Crippen LogP contribution in [-0.4, -0.2) is 5.97 Å². The first kappa shape index (κ1) is 17.4. The van der Waals surface area contributed by atoms with Gasteiger partial charge in [-0.1, -0.05) is 65.1 Å². The lowest BCUT2D eigenvalue weighted by molar-refractivity contribution is 0.0372. The highest BCUT2D eigenvalue weighted by Crippen LogP contribution is 2.44. The number of carbonyl (C=O) groups is 1. The Morgan fingerprint density at radius 1 is 0.846 bits per heavy atom. The van der Waals surface area contributed by atoms with E-state index in [9.17, 15) is 4.79 Å². The highest BCUT2D eigenvalue weighted by atomic mass is 35.5. The Bertz CT molecular complexity index is 962. The lowest BCUT2D eigenvalue weighted by Gasteiger charge is -2.29. The molecule has 3 aromatic rings. The second kappa shape index (κ2) is 6.96. The topological polar surface area (TPSA) is 26.3 Å².